The van der Waals surface area contributed by atoms with E-state index in [9.17, 15) is 4.79 Å². The summed E-state index contributed by atoms with van der Waals surface area (Å²) in [6, 6.07) is 7.27. The summed E-state index contributed by atoms with van der Waals surface area (Å²) in [5.74, 6) is 2.64. The van der Waals surface area contributed by atoms with Gasteiger partial charge in [-0.25, -0.2) is 4.98 Å². The van der Waals surface area contributed by atoms with Gasteiger partial charge in [0.1, 0.15) is 11.6 Å². The van der Waals surface area contributed by atoms with E-state index in [2.05, 4.69) is 15.2 Å². The average Bonchev–Trinajstić information content (AvgIpc) is 3.35. The number of hydrogen-bond acceptors (Lipinski definition) is 5. The molecule has 1 aromatic carbocycles. The average molecular weight is 374 g/mol. The van der Waals surface area contributed by atoms with E-state index in [-0.39, 0.29) is 11.0 Å². The molecule has 1 aliphatic carbocycles. The van der Waals surface area contributed by atoms with Crippen LogP contribution >= 0.6 is 11.8 Å². The van der Waals surface area contributed by atoms with Crippen molar-refractivity contribution in [2.24, 2.45) is 5.92 Å². The molecule has 2 aromatic rings. The van der Waals surface area contributed by atoms with Crippen molar-refractivity contribution in [3.8, 4) is 5.75 Å². The van der Waals surface area contributed by atoms with Crippen LogP contribution in [0.2, 0.25) is 0 Å². The molecule has 0 radical (unpaired) electrons. The highest BCUT2D eigenvalue weighted by Crippen LogP contribution is 2.29. The lowest BCUT2D eigenvalue weighted by Gasteiger charge is -2.11. The van der Waals surface area contributed by atoms with Crippen molar-refractivity contribution in [2.45, 2.75) is 62.3 Å². The molecule has 0 amide bonds. The molecule has 1 fully saturated rings. The maximum absolute atomic E-state index is 12.8. The van der Waals surface area contributed by atoms with E-state index in [0.29, 0.717) is 10.7 Å². The maximum Gasteiger partial charge on any atom is 0.209 e. The van der Waals surface area contributed by atoms with Crippen molar-refractivity contribution in [1.82, 2.24) is 15.2 Å². The predicted octanol–water partition coefficient (Wildman–Crippen LogP) is 4.69. The van der Waals surface area contributed by atoms with E-state index in [4.69, 9.17) is 4.74 Å². The Labute approximate surface area is 159 Å². The first-order valence-corrected chi connectivity index (χ1v) is 10.3. The number of Topliss-reactive ketones (excluding diaryl/α,β-unsaturated/α-hetero) is 1. The van der Waals surface area contributed by atoms with Gasteiger partial charge in [0.15, 0.2) is 5.78 Å². The SMILES string of the molecule is CCC(Sc1n[nH]c(CCC2CCCC2)n1)C(=O)c1ccc(OC)cc1. The van der Waals surface area contributed by atoms with E-state index >= 15 is 0 Å². The molecule has 1 N–H and O–H groups in total. The Bertz CT molecular complexity index is 708. The molecule has 6 heteroatoms. The molecule has 0 spiro atoms. The summed E-state index contributed by atoms with van der Waals surface area (Å²) in [5, 5.41) is 7.84. The number of ether oxygens (including phenoxy) is 1. The summed E-state index contributed by atoms with van der Waals surface area (Å²) in [6.07, 6.45) is 8.31. The summed E-state index contributed by atoms with van der Waals surface area (Å²) < 4.78 is 5.15. The topological polar surface area (TPSA) is 67.9 Å². The monoisotopic (exact) mass is 373 g/mol. The Morgan fingerprint density at radius 1 is 1.31 bits per heavy atom. The quantitative estimate of drug-likeness (QED) is 0.510. The molecular formula is C20H27N3O2S. The highest BCUT2D eigenvalue weighted by Gasteiger charge is 2.22. The summed E-state index contributed by atoms with van der Waals surface area (Å²) in [6.45, 7) is 2.02. The van der Waals surface area contributed by atoms with E-state index in [0.717, 1.165) is 30.3 Å². The van der Waals surface area contributed by atoms with E-state index < -0.39 is 0 Å². The van der Waals surface area contributed by atoms with Crippen LogP contribution in [0.3, 0.4) is 0 Å². The minimum Gasteiger partial charge on any atom is -0.497 e. The Balaban J connectivity index is 1.57. The van der Waals surface area contributed by atoms with Crippen molar-refractivity contribution in [1.29, 1.82) is 0 Å². The van der Waals surface area contributed by atoms with E-state index in [1.54, 1.807) is 7.11 Å². The zero-order valence-electron chi connectivity index (χ0n) is 15.5. The number of hydrogen-bond donors (Lipinski definition) is 1. The van der Waals surface area contributed by atoms with Crippen molar-refractivity contribution < 1.29 is 9.53 Å². The molecule has 1 aromatic heterocycles. The molecule has 0 bridgehead atoms. The largest absolute Gasteiger partial charge is 0.497 e. The molecule has 0 saturated heterocycles. The first-order valence-electron chi connectivity index (χ1n) is 9.45. The van der Waals surface area contributed by atoms with Crippen LogP contribution < -0.4 is 4.74 Å². The van der Waals surface area contributed by atoms with Crippen molar-refractivity contribution in [3.05, 3.63) is 35.7 Å². The van der Waals surface area contributed by atoms with Gasteiger partial charge in [0, 0.05) is 12.0 Å². The number of aromatic nitrogens is 3. The zero-order valence-corrected chi connectivity index (χ0v) is 16.3. The van der Waals surface area contributed by atoms with Gasteiger partial charge in [-0.2, -0.15) is 0 Å². The Kier molecular flexibility index (Phi) is 6.72. The summed E-state index contributed by atoms with van der Waals surface area (Å²) >= 11 is 1.45. The van der Waals surface area contributed by atoms with Crippen LogP contribution in [0.5, 0.6) is 5.75 Å². The second-order valence-electron chi connectivity index (χ2n) is 6.86. The number of aromatic amines is 1. The van der Waals surface area contributed by atoms with Gasteiger partial charge in [0.2, 0.25) is 5.16 Å². The Morgan fingerprint density at radius 3 is 2.69 bits per heavy atom. The number of H-pyrrole nitrogens is 1. The number of methoxy groups -OCH3 is 1. The van der Waals surface area contributed by atoms with E-state index in [1.807, 2.05) is 31.2 Å². The molecule has 26 heavy (non-hydrogen) atoms. The molecule has 1 saturated carbocycles. The number of rotatable bonds is 9. The molecule has 1 heterocycles. The van der Waals surface area contributed by atoms with Crippen LogP contribution in [-0.4, -0.2) is 33.3 Å². The van der Waals surface area contributed by atoms with Crippen LogP contribution in [-0.2, 0) is 6.42 Å². The highest BCUT2D eigenvalue weighted by molar-refractivity contribution is 8.00. The maximum atomic E-state index is 12.8. The number of aryl methyl sites for hydroxylation is 1. The Morgan fingerprint density at radius 2 is 2.04 bits per heavy atom. The number of benzene rings is 1. The predicted molar refractivity (Wildman–Crippen MR) is 104 cm³/mol. The summed E-state index contributed by atoms with van der Waals surface area (Å²) in [5.41, 5.74) is 0.696. The van der Waals surface area contributed by atoms with Gasteiger partial charge in [-0.3, -0.25) is 9.89 Å². The van der Waals surface area contributed by atoms with Gasteiger partial charge in [0.05, 0.1) is 12.4 Å². The van der Waals surface area contributed by atoms with Crippen molar-refractivity contribution >= 4 is 17.5 Å². The fraction of sp³-hybridized carbons (Fsp3) is 0.550. The number of carbonyl (C=O) groups excluding carboxylic acids is 1. The van der Waals surface area contributed by atoms with Gasteiger partial charge in [-0.05, 0) is 43.0 Å². The fourth-order valence-electron chi connectivity index (χ4n) is 3.47. The summed E-state index contributed by atoms with van der Waals surface area (Å²) in [7, 11) is 1.62. The number of carbonyl (C=O) groups is 1. The van der Waals surface area contributed by atoms with Crippen molar-refractivity contribution in [2.75, 3.05) is 7.11 Å². The standard InChI is InChI=1S/C20H27N3O2S/c1-3-17(19(24)15-9-11-16(25-2)12-10-15)26-20-21-18(22-23-20)13-8-14-6-4-5-7-14/h9-12,14,17H,3-8,13H2,1-2H3,(H,21,22,23). The van der Waals surface area contributed by atoms with Crippen LogP contribution in [0, 0.1) is 5.92 Å². The minimum atomic E-state index is -0.179. The summed E-state index contributed by atoms with van der Waals surface area (Å²) in [4.78, 5) is 17.3. The van der Waals surface area contributed by atoms with Gasteiger partial charge in [-0.1, -0.05) is 44.4 Å². The first kappa shape index (κ1) is 19.0. The van der Waals surface area contributed by atoms with Gasteiger partial charge in [-0.15, -0.1) is 5.10 Å². The number of nitrogens with zero attached hydrogens (tertiary/aromatic N) is 2. The molecule has 1 atom stereocenters. The number of thioether (sulfide) groups is 1. The number of ketones is 1. The second kappa shape index (κ2) is 9.21. The highest BCUT2D eigenvalue weighted by atomic mass is 32.2. The fourth-order valence-corrected chi connectivity index (χ4v) is 4.40. The van der Waals surface area contributed by atoms with Crippen LogP contribution in [0.4, 0.5) is 0 Å². The van der Waals surface area contributed by atoms with Gasteiger partial charge < -0.3 is 4.74 Å². The van der Waals surface area contributed by atoms with Gasteiger partial charge >= 0.3 is 0 Å². The third-order valence-electron chi connectivity index (χ3n) is 5.06. The lowest BCUT2D eigenvalue weighted by atomic mass is 10.0. The third-order valence-corrected chi connectivity index (χ3v) is 6.29. The lowest BCUT2D eigenvalue weighted by Crippen LogP contribution is -2.16. The Hall–Kier alpha value is -1.82. The van der Waals surface area contributed by atoms with Crippen LogP contribution in [0.1, 0.15) is 61.6 Å². The van der Waals surface area contributed by atoms with Crippen molar-refractivity contribution in [3.63, 3.8) is 0 Å². The second-order valence-corrected chi connectivity index (χ2v) is 8.03. The lowest BCUT2D eigenvalue weighted by molar-refractivity contribution is 0.0988. The first-order chi connectivity index (χ1) is 12.7. The molecule has 1 aliphatic rings. The molecule has 1 unspecified atom stereocenters. The number of nitrogens with one attached hydrogen (secondary N) is 1. The smallest absolute Gasteiger partial charge is 0.209 e. The molecular weight excluding hydrogens is 346 g/mol. The van der Waals surface area contributed by atoms with E-state index in [1.165, 1.54) is 43.9 Å². The zero-order chi connectivity index (χ0) is 18.4. The third kappa shape index (κ3) is 4.87. The normalized spacial score (nSPS) is 15.9. The van der Waals surface area contributed by atoms with Crippen LogP contribution in [0.15, 0.2) is 29.4 Å². The van der Waals surface area contributed by atoms with Gasteiger partial charge in [0.25, 0.3) is 0 Å². The van der Waals surface area contributed by atoms with Crippen LogP contribution in [0.25, 0.3) is 0 Å². The molecule has 3 rings (SSSR count). The molecule has 0 aliphatic heterocycles. The minimum absolute atomic E-state index is 0.109. The molecule has 140 valence electrons. The molecule has 5 nitrogen and oxygen atoms in total.